The summed E-state index contributed by atoms with van der Waals surface area (Å²) < 4.78 is 4.83. The van der Waals surface area contributed by atoms with E-state index in [1.165, 1.54) is 49.7 Å². The molecular weight excluding hydrogens is 683 g/mol. The number of nitrogens with zero attached hydrogens (tertiary/aromatic N) is 5. The maximum atomic E-state index is 5.04. The molecule has 0 bridgehead atoms. The summed E-state index contributed by atoms with van der Waals surface area (Å²) in [4.78, 5) is 15.0. The lowest BCUT2D eigenvalue weighted by molar-refractivity contribution is 0.888. The van der Waals surface area contributed by atoms with Crippen molar-refractivity contribution in [3.8, 4) is 56.7 Å². The van der Waals surface area contributed by atoms with Crippen molar-refractivity contribution in [2.45, 2.75) is 12.8 Å². The number of para-hydroxylation sites is 2. The molecule has 0 radical (unpaired) electrons. The van der Waals surface area contributed by atoms with Crippen LogP contribution in [0.3, 0.4) is 0 Å². The molecule has 1 aliphatic carbocycles. The van der Waals surface area contributed by atoms with Crippen molar-refractivity contribution in [1.29, 1.82) is 0 Å². The third-order valence-corrected chi connectivity index (χ3v) is 11.0. The molecular formula is C51H35N5. The van der Waals surface area contributed by atoms with Gasteiger partial charge in [0.25, 0.3) is 0 Å². The molecule has 0 spiro atoms. The third-order valence-electron chi connectivity index (χ3n) is 11.0. The Bertz CT molecular complexity index is 3060. The molecule has 11 rings (SSSR count). The maximum absolute atomic E-state index is 5.04. The van der Waals surface area contributed by atoms with Crippen LogP contribution in [0.4, 0.5) is 0 Å². The molecule has 0 amide bonds. The Balaban J connectivity index is 1.07. The van der Waals surface area contributed by atoms with E-state index in [9.17, 15) is 0 Å². The molecule has 0 aliphatic heterocycles. The molecule has 56 heavy (non-hydrogen) atoms. The van der Waals surface area contributed by atoms with Gasteiger partial charge >= 0.3 is 0 Å². The topological polar surface area (TPSA) is 48.5 Å². The molecule has 3 heterocycles. The zero-order valence-electron chi connectivity index (χ0n) is 30.5. The number of allylic oxidation sites excluding steroid dienone is 1. The Morgan fingerprint density at radius 1 is 0.375 bits per heavy atom. The van der Waals surface area contributed by atoms with Crippen molar-refractivity contribution in [3.05, 3.63) is 193 Å². The lowest BCUT2D eigenvalue weighted by Crippen LogP contribution is -2.02. The summed E-state index contributed by atoms with van der Waals surface area (Å²) in [6.45, 7) is 0. The molecule has 0 unspecified atom stereocenters. The lowest BCUT2D eigenvalue weighted by atomic mass is 9.98. The van der Waals surface area contributed by atoms with Gasteiger partial charge in [-0.1, -0.05) is 140 Å². The molecule has 0 saturated heterocycles. The SMILES string of the molecule is C1=Cc2c(n(-c3ccccc3)c3ccc(-c4ccc5c6ccccc6n(-c6cccc(-c7nc(-c8ccccc8)nc(-c8ccccc8)n7)c6)c5c4)cc23)CC1. The van der Waals surface area contributed by atoms with E-state index in [0.717, 1.165) is 46.3 Å². The smallest absolute Gasteiger partial charge is 0.164 e. The fraction of sp³-hybridized carbons (Fsp3) is 0.0392. The summed E-state index contributed by atoms with van der Waals surface area (Å²) in [5.74, 6) is 1.93. The zero-order chi connectivity index (χ0) is 37.0. The minimum Gasteiger partial charge on any atom is -0.313 e. The maximum Gasteiger partial charge on any atom is 0.164 e. The van der Waals surface area contributed by atoms with Crippen LogP contribution in [-0.4, -0.2) is 24.1 Å². The van der Waals surface area contributed by atoms with Gasteiger partial charge in [0.05, 0.1) is 16.6 Å². The Morgan fingerprint density at radius 2 is 0.946 bits per heavy atom. The van der Waals surface area contributed by atoms with Gasteiger partial charge in [-0.3, -0.25) is 0 Å². The number of hydrogen-bond donors (Lipinski definition) is 0. The van der Waals surface area contributed by atoms with Gasteiger partial charge in [-0.2, -0.15) is 0 Å². The Morgan fingerprint density at radius 3 is 1.70 bits per heavy atom. The standard InChI is InChI=1S/C51H35N5/c1-4-15-34(16-5-1)49-52-50(35-17-6-2-7-18-35)54-51(53-49)38-19-14-22-40(31-38)56-45-25-12-10-23-41(45)43-29-27-37(33-48(43)56)36-28-30-47-44(32-36)42-24-11-13-26-46(42)55(47)39-20-8-3-9-21-39/h1-12,14-25,27-33H,13,26H2. The van der Waals surface area contributed by atoms with Crippen molar-refractivity contribution in [2.75, 3.05) is 0 Å². The van der Waals surface area contributed by atoms with Crippen LogP contribution in [0.15, 0.2) is 182 Å². The first kappa shape index (κ1) is 32.1. The van der Waals surface area contributed by atoms with Gasteiger partial charge < -0.3 is 9.13 Å². The summed E-state index contributed by atoms with van der Waals surface area (Å²) in [5, 5.41) is 3.71. The second kappa shape index (κ2) is 13.2. The summed E-state index contributed by atoms with van der Waals surface area (Å²) in [5.41, 5.74) is 13.7. The van der Waals surface area contributed by atoms with Crippen molar-refractivity contribution in [1.82, 2.24) is 24.1 Å². The predicted octanol–water partition coefficient (Wildman–Crippen LogP) is 12.5. The zero-order valence-corrected chi connectivity index (χ0v) is 30.5. The first-order valence-electron chi connectivity index (χ1n) is 19.2. The van der Waals surface area contributed by atoms with Gasteiger partial charge in [0.15, 0.2) is 17.5 Å². The first-order valence-corrected chi connectivity index (χ1v) is 19.2. The highest BCUT2D eigenvalue weighted by molar-refractivity contribution is 6.10. The van der Waals surface area contributed by atoms with Crippen LogP contribution < -0.4 is 0 Å². The summed E-state index contributed by atoms with van der Waals surface area (Å²) in [7, 11) is 0. The number of hydrogen-bond acceptors (Lipinski definition) is 3. The van der Waals surface area contributed by atoms with E-state index in [2.05, 4.69) is 137 Å². The van der Waals surface area contributed by atoms with E-state index >= 15 is 0 Å². The molecule has 5 nitrogen and oxygen atoms in total. The molecule has 3 aromatic heterocycles. The predicted molar refractivity (Wildman–Crippen MR) is 230 cm³/mol. The van der Waals surface area contributed by atoms with Gasteiger partial charge in [-0.25, -0.2) is 15.0 Å². The minimum absolute atomic E-state index is 0.633. The highest BCUT2D eigenvalue weighted by atomic mass is 15.0. The average Bonchev–Trinajstić information content (AvgIpc) is 3.79. The van der Waals surface area contributed by atoms with E-state index in [-0.39, 0.29) is 0 Å². The lowest BCUT2D eigenvalue weighted by Gasteiger charge is -2.13. The van der Waals surface area contributed by atoms with E-state index in [4.69, 9.17) is 15.0 Å². The second-order valence-electron chi connectivity index (χ2n) is 14.4. The molecule has 5 heteroatoms. The molecule has 0 saturated carbocycles. The molecule has 7 aromatic carbocycles. The summed E-state index contributed by atoms with van der Waals surface area (Å²) in [6, 6.07) is 62.1. The van der Waals surface area contributed by atoms with Crippen LogP contribution in [0.5, 0.6) is 0 Å². The van der Waals surface area contributed by atoms with Gasteiger partial charge in [0.1, 0.15) is 0 Å². The quantitative estimate of drug-likeness (QED) is 0.172. The van der Waals surface area contributed by atoms with Crippen LogP contribution in [0, 0.1) is 0 Å². The number of aromatic nitrogens is 5. The Labute approximate surface area is 324 Å². The normalized spacial score (nSPS) is 12.4. The summed E-state index contributed by atoms with van der Waals surface area (Å²) >= 11 is 0. The Hall–Kier alpha value is -7.37. The average molecular weight is 718 g/mol. The van der Waals surface area contributed by atoms with Crippen LogP contribution in [0.1, 0.15) is 17.7 Å². The monoisotopic (exact) mass is 717 g/mol. The first-order chi connectivity index (χ1) is 27.8. The largest absolute Gasteiger partial charge is 0.313 e. The molecule has 10 aromatic rings. The van der Waals surface area contributed by atoms with E-state index in [1.807, 2.05) is 60.7 Å². The fourth-order valence-corrected chi connectivity index (χ4v) is 8.42. The van der Waals surface area contributed by atoms with Crippen molar-refractivity contribution >= 4 is 38.8 Å². The van der Waals surface area contributed by atoms with Crippen LogP contribution in [0.25, 0.3) is 95.5 Å². The molecule has 264 valence electrons. The summed E-state index contributed by atoms with van der Waals surface area (Å²) in [6.07, 6.45) is 6.71. The van der Waals surface area contributed by atoms with Gasteiger partial charge in [0.2, 0.25) is 0 Å². The van der Waals surface area contributed by atoms with Crippen LogP contribution >= 0.6 is 0 Å². The van der Waals surface area contributed by atoms with Crippen LogP contribution in [-0.2, 0) is 6.42 Å². The van der Waals surface area contributed by atoms with Gasteiger partial charge in [-0.15, -0.1) is 0 Å². The fourth-order valence-electron chi connectivity index (χ4n) is 8.42. The van der Waals surface area contributed by atoms with E-state index in [1.54, 1.807) is 0 Å². The number of rotatable bonds is 6. The van der Waals surface area contributed by atoms with Crippen molar-refractivity contribution in [2.24, 2.45) is 0 Å². The van der Waals surface area contributed by atoms with Gasteiger partial charge in [-0.05, 0) is 72.5 Å². The van der Waals surface area contributed by atoms with E-state index < -0.39 is 0 Å². The molecule has 1 aliphatic rings. The van der Waals surface area contributed by atoms with E-state index in [0.29, 0.717) is 17.5 Å². The number of benzene rings is 7. The number of fused-ring (bicyclic) bond motifs is 6. The van der Waals surface area contributed by atoms with Crippen molar-refractivity contribution < 1.29 is 0 Å². The second-order valence-corrected chi connectivity index (χ2v) is 14.4. The highest BCUT2D eigenvalue weighted by Gasteiger charge is 2.20. The van der Waals surface area contributed by atoms with Crippen molar-refractivity contribution in [3.63, 3.8) is 0 Å². The highest BCUT2D eigenvalue weighted by Crippen LogP contribution is 2.39. The molecule has 0 N–H and O–H groups in total. The Kier molecular flexibility index (Phi) is 7.56. The molecule has 0 fully saturated rings. The van der Waals surface area contributed by atoms with Crippen LogP contribution in [0.2, 0.25) is 0 Å². The third kappa shape index (κ3) is 5.36. The van der Waals surface area contributed by atoms with Gasteiger partial charge in [0, 0.05) is 55.5 Å². The minimum atomic E-state index is 0.633. The molecule has 0 atom stereocenters.